The molecule has 128 valence electrons. The first kappa shape index (κ1) is 16.9. The third kappa shape index (κ3) is 3.29. The monoisotopic (exact) mass is 327 g/mol. The molecular weight excluding hydrogens is 300 g/mol. The van der Waals surface area contributed by atoms with E-state index >= 15 is 0 Å². The second-order valence-corrected chi connectivity index (χ2v) is 7.23. The molecule has 4 nitrogen and oxygen atoms in total. The zero-order valence-corrected chi connectivity index (χ0v) is 14.9. The lowest BCUT2D eigenvalue weighted by Crippen LogP contribution is -3.12. The highest BCUT2D eigenvalue weighted by Gasteiger charge is 2.23. The number of carbonyl (C=O) groups is 1. The summed E-state index contributed by atoms with van der Waals surface area (Å²) in [5.74, 6) is -0.0108. The van der Waals surface area contributed by atoms with E-state index in [9.17, 15) is 9.59 Å². The Kier molecular flexibility index (Phi) is 4.86. The lowest BCUT2D eigenvalue weighted by molar-refractivity contribution is -0.921. The number of nitrogens with one attached hydrogen (secondary N) is 2. The molecule has 1 fully saturated rings. The van der Waals surface area contributed by atoms with Gasteiger partial charge in [0.15, 0.2) is 11.2 Å². The first-order chi connectivity index (χ1) is 11.5. The number of quaternary nitrogens is 1. The van der Waals surface area contributed by atoms with Crippen LogP contribution in [0.5, 0.6) is 0 Å². The van der Waals surface area contributed by atoms with Crippen molar-refractivity contribution >= 4 is 16.7 Å². The third-order valence-electron chi connectivity index (χ3n) is 5.48. The Hall–Kier alpha value is -1.94. The van der Waals surface area contributed by atoms with Crippen molar-refractivity contribution < 1.29 is 9.69 Å². The first-order valence-corrected chi connectivity index (χ1v) is 8.96. The van der Waals surface area contributed by atoms with Crippen LogP contribution < -0.4 is 10.3 Å². The van der Waals surface area contributed by atoms with Gasteiger partial charge in [-0.15, -0.1) is 0 Å². The second kappa shape index (κ2) is 6.89. The van der Waals surface area contributed by atoms with Gasteiger partial charge in [0, 0.05) is 22.2 Å². The Balaban J connectivity index is 1.97. The van der Waals surface area contributed by atoms with Gasteiger partial charge in [-0.3, -0.25) is 9.59 Å². The first-order valence-electron chi connectivity index (χ1n) is 8.96. The van der Waals surface area contributed by atoms with E-state index in [-0.39, 0.29) is 11.2 Å². The number of fused-ring (bicyclic) bond motifs is 1. The number of H-pyrrole nitrogens is 1. The van der Waals surface area contributed by atoms with Crippen LogP contribution in [0.15, 0.2) is 23.0 Å². The highest BCUT2D eigenvalue weighted by Crippen LogP contribution is 2.16. The minimum Gasteiger partial charge on any atom is -0.358 e. The van der Waals surface area contributed by atoms with Crippen molar-refractivity contribution in [1.29, 1.82) is 0 Å². The molecule has 0 spiro atoms. The number of aromatic amines is 1. The molecule has 2 aromatic rings. The van der Waals surface area contributed by atoms with Gasteiger partial charge in [-0.1, -0.05) is 6.42 Å². The van der Waals surface area contributed by atoms with Crippen molar-refractivity contribution in [2.24, 2.45) is 0 Å². The molecular formula is C20H27N2O2+. The third-order valence-corrected chi connectivity index (χ3v) is 5.48. The molecule has 0 amide bonds. The maximum absolute atomic E-state index is 13.0. The molecule has 1 unspecified atom stereocenters. The van der Waals surface area contributed by atoms with Gasteiger partial charge in [0.25, 0.3) is 0 Å². The summed E-state index contributed by atoms with van der Waals surface area (Å²) in [7, 11) is 2.20. The average molecular weight is 327 g/mol. The van der Waals surface area contributed by atoms with Crippen LogP contribution in [0.3, 0.4) is 0 Å². The number of aromatic nitrogens is 1. The zero-order chi connectivity index (χ0) is 17.3. The van der Waals surface area contributed by atoms with E-state index in [4.69, 9.17) is 0 Å². The largest absolute Gasteiger partial charge is 0.358 e. The van der Waals surface area contributed by atoms with Crippen LogP contribution in [0, 0.1) is 6.92 Å². The minimum atomic E-state index is -0.0108. The lowest BCUT2D eigenvalue weighted by Gasteiger charge is -2.28. The topological polar surface area (TPSA) is 54.4 Å². The quantitative estimate of drug-likeness (QED) is 0.847. The summed E-state index contributed by atoms with van der Waals surface area (Å²) >= 11 is 0. The van der Waals surface area contributed by atoms with Crippen LogP contribution >= 0.6 is 0 Å². The van der Waals surface area contributed by atoms with Gasteiger partial charge >= 0.3 is 0 Å². The summed E-state index contributed by atoms with van der Waals surface area (Å²) in [6.07, 6.45) is 6.46. The summed E-state index contributed by atoms with van der Waals surface area (Å²) in [5, 5.41) is 0.625. The molecule has 3 rings (SSSR count). The van der Waals surface area contributed by atoms with Crippen molar-refractivity contribution in [3.8, 4) is 0 Å². The van der Waals surface area contributed by atoms with Gasteiger partial charge in [0.2, 0.25) is 0 Å². The van der Waals surface area contributed by atoms with E-state index in [2.05, 4.69) is 12.0 Å². The summed E-state index contributed by atoms with van der Waals surface area (Å²) in [4.78, 5) is 29.4. The summed E-state index contributed by atoms with van der Waals surface area (Å²) in [6.45, 7) is 4.25. The number of ketones is 1. The fourth-order valence-electron chi connectivity index (χ4n) is 3.90. The molecule has 4 heteroatoms. The molecule has 24 heavy (non-hydrogen) atoms. The maximum Gasteiger partial charge on any atom is 0.198 e. The molecule has 1 aliphatic carbocycles. The van der Waals surface area contributed by atoms with Gasteiger partial charge in [0.05, 0.1) is 18.7 Å². The van der Waals surface area contributed by atoms with Crippen LogP contribution in [0.25, 0.3) is 10.9 Å². The molecule has 2 N–H and O–H groups in total. The average Bonchev–Trinajstić information content (AvgIpc) is 2.58. The summed E-state index contributed by atoms with van der Waals surface area (Å²) < 4.78 is 0. The van der Waals surface area contributed by atoms with E-state index in [1.54, 1.807) is 12.1 Å². The van der Waals surface area contributed by atoms with Crippen molar-refractivity contribution in [1.82, 2.24) is 4.98 Å². The Labute approximate surface area is 142 Å². The molecule has 0 saturated heterocycles. The molecule has 1 aromatic carbocycles. The number of carbonyl (C=O) groups excluding carboxylic acids is 1. The Morgan fingerprint density at radius 3 is 2.62 bits per heavy atom. The fourth-order valence-corrected chi connectivity index (χ4v) is 3.90. The summed E-state index contributed by atoms with van der Waals surface area (Å²) in [6, 6.07) is 5.99. The SMILES string of the molecule is CC(=O)c1ccc2[nH]c(C)c(C[NH+](C)C3CCCCC3)c(=O)c2c1. The molecule has 0 bridgehead atoms. The number of hydrogen-bond acceptors (Lipinski definition) is 2. The molecule has 1 atom stereocenters. The maximum atomic E-state index is 13.0. The van der Waals surface area contributed by atoms with Crippen LogP contribution in [0.1, 0.15) is 60.6 Å². The van der Waals surface area contributed by atoms with Crippen molar-refractivity contribution in [2.45, 2.75) is 58.5 Å². The van der Waals surface area contributed by atoms with Gasteiger partial charge in [0.1, 0.15) is 6.54 Å². The normalized spacial score (nSPS) is 17.1. The van der Waals surface area contributed by atoms with Gasteiger partial charge in [-0.2, -0.15) is 0 Å². The Bertz CT molecular complexity index is 816. The molecule has 1 aliphatic rings. The number of pyridine rings is 1. The van der Waals surface area contributed by atoms with Crippen LogP contribution in [-0.2, 0) is 6.54 Å². The highest BCUT2D eigenvalue weighted by atomic mass is 16.1. The smallest absolute Gasteiger partial charge is 0.198 e. The van der Waals surface area contributed by atoms with E-state index in [0.29, 0.717) is 17.0 Å². The number of benzene rings is 1. The zero-order valence-electron chi connectivity index (χ0n) is 14.9. The van der Waals surface area contributed by atoms with Crippen molar-refractivity contribution in [2.75, 3.05) is 7.05 Å². The van der Waals surface area contributed by atoms with E-state index < -0.39 is 0 Å². The Morgan fingerprint density at radius 1 is 1.25 bits per heavy atom. The molecule has 1 heterocycles. The van der Waals surface area contributed by atoms with E-state index in [1.165, 1.54) is 43.9 Å². The number of hydrogen-bond donors (Lipinski definition) is 2. The number of aryl methyl sites for hydroxylation is 1. The van der Waals surface area contributed by atoms with Gasteiger partial charge in [-0.05, 0) is 57.7 Å². The van der Waals surface area contributed by atoms with E-state index in [0.717, 1.165) is 23.3 Å². The molecule has 0 aliphatic heterocycles. The Morgan fingerprint density at radius 2 is 1.96 bits per heavy atom. The van der Waals surface area contributed by atoms with Crippen LogP contribution in [0.4, 0.5) is 0 Å². The van der Waals surface area contributed by atoms with Crippen molar-refractivity contribution in [3.05, 3.63) is 45.2 Å². The molecule has 1 aromatic heterocycles. The van der Waals surface area contributed by atoms with Crippen molar-refractivity contribution in [3.63, 3.8) is 0 Å². The second-order valence-electron chi connectivity index (χ2n) is 7.23. The number of Topliss-reactive ketones (excluding diaryl/α,β-unsaturated/α-hetero) is 1. The number of rotatable bonds is 4. The summed E-state index contributed by atoms with van der Waals surface area (Å²) in [5.41, 5.74) is 3.27. The van der Waals surface area contributed by atoms with Gasteiger partial charge in [-0.25, -0.2) is 0 Å². The molecule has 1 saturated carbocycles. The van der Waals surface area contributed by atoms with Crippen LogP contribution in [0.2, 0.25) is 0 Å². The lowest BCUT2D eigenvalue weighted by atomic mass is 9.94. The standard InChI is InChI=1S/C20H26N2O2/c1-13-18(12-22(3)16-7-5-4-6-8-16)20(24)17-11-15(14(2)23)9-10-19(17)21-13/h9-11,16H,4-8,12H2,1-3H3,(H,21,24)/p+1. The minimum absolute atomic E-state index is 0.0108. The highest BCUT2D eigenvalue weighted by molar-refractivity contribution is 5.97. The molecule has 0 radical (unpaired) electrons. The van der Waals surface area contributed by atoms with Gasteiger partial charge < -0.3 is 9.88 Å². The van der Waals surface area contributed by atoms with Crippen LogP contribution in [-0.4, -0.2) is 23.9 Å². The van der Waals surface area contributed by atoms with E-state index in [1.807, 2.05) is 13.0 Å². The predicted octanol–water partition coefficient (Wildman–Crippen LogP) is 2.39. The predicted molar refractivity (Wildman–Crippen MR) is 96.8 cm³/mol. The fraction of sp³-hybridized carbons (Fsp3) is 0.500.